The second-order valence-corrected chi connectivity index (χ2v) is 10.5. The monoisotopic (exact) mass is 575 g/mol. The number of likely N-dealkylation sites (tertiary alicyclic amines) is 1. The Balaban J connectivity index is 0.00000385. The van der Waals surface area contributed by atoms with Crippen LogP contribution in [0.1, 0.15) is 78.1 Å². The molecule has 0 bridgehead atoms. The maximum absolute atomic E-state index is 12.5. The van der Waals surface area contributed by atoms with Crippen molar-refractivity contribution in [3.63, 3.8) is 0 Å². The maximum Gasteiger partial charge on any atom is 0.222 e. The Morgan fingerprint density at radius 2 is 1.52 bits per heavy atom. The number of unbranched alkanes of at least 4 members (excludes halogenated alkanes) is 2. The summed E-state index contributed by atoms with van der Waals surface area (Å²) in [6.07, 6.45) is 11.1. The van der Waals surface area contributed by atoms with Crippen LogP contribution in [0.25, 0.3) is 0 Å². The van der Waals surface area contributed by atoms with Crippen molar-refractivity contribution in [2.24, 2.45) is 16.3 Å². The van der Waals surface area contributed by atoms with E-state index in [9.17, 15) is 9.59 Å². The van der Waals surface area contributed by atoms with Crippen LogP contribution in [0.4, 0.5) is 0 Å². The molecule has 0 aromatic carbocycles. The number of aliphatic imine (C=N–C) groups is 1. The number of guanidine groups is 1. The van der Waals surface area contributed by atoms with Gasteiger partial charge in [0.05, 0.1) is 0 Å². The average Bonchev–Trinajstić information content (AvgIpc) is 3.42. The minimum absolute atomic E-state index is 0. The summed E-state index contributed by atoms with van der Waals surface area (Å²) in [6.45, 7) is 10.1. The Hall–Kier alpha value is -1.06. The van der Waals surface area contributed by atoms with Crippen LogP contribution in [0.3, 0.4) is 0 Å². The zero-order chi connectivity index (χ0) is 23.0. The summed E-state index contributed by atoms with van der Waals surface area (Å²) >= 11 is 0. The average molecular weight is 576 g/mol. The van der Waals surface area contributed by atoms with E-state index in [0.29, 0.717) is 50.4 Å². The van der Waals surface area contributed by atoms with E-state index in [-0.39, 0.29) is 35.8 Å². The van der Waals surface area contributed by atoms with Crippen molar-refractivity contribution in [1.29, 1.82) is 0 Å². The first-order valence-corrected chi connectivity index (χ1v) is 12.9. The van der Waals surface area contributed by atoms with Crippen molar-refractivity contribution < 1.29 is 9.59 Å². The van der Waals surface area contributed by atoms with E-state index in [1.54, 1.807) is 0 Å². The van der Waals surface area contributed by atoms with Gasteiger partial charge in [-0.15, -0.1) is 24.0 Å². The second-order valence-electron chi connectivity index (χ2n) is 10.5. The van der Waals surface area contributed by atoms with Crippen LogP contribution in [0, 0.1) is 11.3 Å². The van der Waals surface area contributed by atoms with E-state index in [2.05, 4.69) is 29.1 Å². The Labute approximate surface area is 218 Å². The zero-order valence-electron chi connectivity index (χ0n) is 21.1. The first kappa shape index (κ1) is 28.2. The van der Waals surface area contributed by atoms with Gasteiger partial charge in [0, 0.05) is 65.7 Å². The number of carbonyl (C=O) groups is 2. The van der Waals surface area contributed by atoms with E-state index in [1.807, 2.05) is 16.8 Å². The summed E-state index contributed by atoms with van der Waals surface area (Å²) in [5, 5.41) is 3.54. The zero-order valence-corrected chi connectivity index (χ0v) is 23.4. The fraction of sp³-hybridized carbons (Fsp3) is 0.880. The molecule has 3 rings (SSSR count). The lowest BCUT2D eigenvalue weighted by Crippen LogP contribution is -2.50. The lowest BCUT2D eigenvalue weighted by molar-refractivity contribution is -0.140. The van der Waals surface area contributed by atoms with Gasteiger partial charge in [-0.2, -0.15) is 0 Å². The second kappa shape index (κ2) is 13.7. The van der Waals surface area contributed by atoms with Crippen LogP contribution in [-0.4, -0.2) is 85.3 Å². The molecular formula is C25H46IN5O2. The summed E-state index contributed by atoms with van der Waals surface area (Å²) in [4.78, 5) is 35.5. The van der Waals surface area contributed by atoms with Crippen LogP contribution < -0.4 is 5.32 Å². The Kier molecular flexibility index (Phi) is 11.7. The molecule has 3 fully saturated rings. The normalized spacial score (nSPS) is 20.5. The number of halogens is 1. The number of amides is 2. The Bertz CT molecular complexity index is 655. The lowest BCUT2D eigenvalue weighted by Gasteiger charge is -2.35. The van der Waals surface area contributed by atoms with Crippen molar-refractivity contribution in [2.75, 3.05) is 52.9 Å². The van der Waals surface area contributed by atoms with Gasteiger partial charge in [-0.1, -0.05) is 33.1 Å². The summed E-state index contributed by atoms with van der Waals surface area (Å²) in [7, 11) is 1.89. The van der Waals surface area contributed by atoms with Crippen LogP contribution >= 0.6 is 24.0 Å². The molecule has 3 aliphatic rings. The van der Waals surface area contributed by atoms with Gasteiger partial charge in [-0.05, 0) is 43.4 Å². The first-order chi connectivity index (χ1) is 15.4. The van der Waals surface area contributed by atoms with Crippen molar-refractivity contribution in [1.82, 2.24) is 20.0 Å². The molecule has 1 aliphatic carbocycles. The molecule has 33 heavy (non-hydrogen) atoms. The van der Waals surface area contributed by atoms with E-state index in [4.69, 9.17) is 0 Å². The number of rotatable bonds is 8. The van der Waals surface area contributed by atoms with E-state index >= 15 is 0 Å². The number of hydrogen-bond acceptors (Lipinski definition) is 3. The Morgan fingerprint density at radius 3 is 2.12 bits per heavy atom. The summed E-state index contributed by atoms with van der Waals surface area (Å²) in [5.41, 5.74) is 0.561. The number of nitrogens with zero attached hydrogens (tertiary/aromatic N) is 4. The summed E-state index contributed by atoms with van der Waals surface area (Å²) in [5.74, 6) is 1.90. The smallest absolute Gasteiger partial charge is 0.222 e. The molecule has 1 saturated carbocycles. The summed E-state index contributed by atoms with van der Waals surface area (Å²) < 4.78 is 0. The molecule has 0 aromatic heterocycles. The first-order valence-electron chi connectivity index (χ1n) is 12.9. The van der Waals surface area contributed by atoms with Gasteiger partial charge in [0.25, 0.3) is 0 Å². The molecule has 2 amide bonds. The highest BCUT2D eigenvalue weighted by Gasteiger charge is 2.41. The molecule has 0 atom stereocenters. The predicted molar refractivity (Wildman–Crippen MR) is 145 cm³/mol. The molecule has 2 heterocycles. The van der Waals surface area contributed by atoms with Gasteiger partial charge >= 0.3 is 0 Å². The molecule has 2 aliphatic heterocycles. The molecule has 8 heteroatoms. The van der Waals surface area contributed by atoms with Gasteiger partial charge in [-0.25, -0.2) is 0 Å². The fourth-order valence-electron chi connectivity index (χ4n) is 5.60. The summed E-state index contributed by atoms with van der Waals surface area (Å²) in [6, 6.07) is 0. The van der Waals surface area contributed by atoms with Gasteiger partial charge in [0.2, 0.25) is 11.8 Å². The molecule has 0 aromatic rings. The highest BCUT2D eigenvalue weighted by atomic mass is 127. The highest BCUT2D eigenvalue weighted by Crippen LogP contribution is 2.45. The largest absolute Gasteiger partial charge is 0.356 e. The van der Waals surface area contributed by atoms with Crippen molar-refractivity contribution in [3.8, 4) is 0 Å². The third-order valence-electron chi connectivity index (χ3n) is 7.53. The third kappa shape index (κ3) is 8.28. The molecule has 0 radical (unpaired) electrons. The molecule has 190 valence electrons. The van der Waals surface area contributed by atoms with E-state index < -0.39 is 0 Å². The topological polar surface area (TPSA) is 68.2 Å². The van der Waals surface area contributed by atoms with Crippen LogP contribution in [0.5, 0.6) is 0 Å². The van der Waals surface area contributed by atoms with Gasteiger partial charge in [-0.3, -0.25) is 14.6 Å². The molecular weight excluding hydrogens is 529 g/mol. The van der Waals surface area contributed by atoms with Gasteiger partial charge in [0.1, 0.15) is 0 Å². The number of carbonyl (C=O) groups excluding carboxylic acids is 2. The standard InChI is InChI=1S/C25H45N5O2.HI/c1-21(2)19-23(32)29-17-15-28(16-18-29)22(31)9-5-4-8-13-27-24(26-3)30-14-12-25(20-30)10-6-7-11-25;/h21H,4-20H2,1-3H3,(H,26,27);1H. The van der Waals surface area contributed by atoms with E-state index in [1.165, 1.54) is 32.1 Å². The molecule has 1 N–H and O–H groups in total. The van der Waals surface area contributed by atoms with Crippen LogP contribution in [0.15, 0.2) is 4.99 Å². The van der Waals surface area contributed by atoms with E-state index in [0.717, 1.165) is 44.9 Å². The van der Waals surface area contributed by atoms with Crippen molar-refractivity contribution >= 4 is 41.8 Å². The number of nitrogens with one attached hydrogen (secondary N) is 1. The van der Waals surface area contributed by atoms with Gasteiger partial charge in [0.15, 0.2) is 5.96 Å². The van der Waals surface area contributed by atoms with Crippen LogP contribution in [-0.2, 0) is 9.59 Å². The molecule has 2 saturated heterocycles. The van der Waals surface area contributed by atoms with Gasteiger partial charge < -0.3 is 20.0 Å². The van der Waals surface area contributed by atoms with Crippen molar-refractivity contribution in [3.05, 3.63) is 0 Å². The molecule has 0 unspecified atom stereocenters. The fourth-order valence-corrected chi connectivity index (χ4v) is 5.60. The Morgan fingerprint density at radius 1 is 0.879 bits per heavy atom. The van der Waals surface area contributed by atoms with Crippen LogP contribution in [0.2, 0.25) is 0 Å². The SMILES string of the molecule is CN=C(NCCCCCC(=O)N1CCN(C(=O)CC(C)C)CC1)N1CCC2(CCCC2)C1.I. The minimum Gasteiger partial charge on any atom is -0.356 e. The molecule has 7 nitrogen and oxygen atoms in total. The molecule has 1 spiro atoms. The maximum atomic E-state index is 12.5. The van der Waals surface area contributed by atoms with Crippen molar-refractivity contribution in [2.45, 2.75) is 78.1 Å². The lowest BCUT2D eigenvalue weighted by atomic mass is 9.86. The third-order valence-corrected chi connectivity index (χ3v) is 7.53. The number of hydrogen-bond donors (Lipinski definition) is 1. The predicted octanol–water partition coefficient (Wildman–Crippen LogP) is 3.72. The minimum atomic E-state index is 0. The number of piperazine rings is 1. The quantitative estimate of drug-likeness (QED) is 0.207. The highest BCUT2D eigenvalue weighted by molar-refractivity contribution is 14.0.